The van der Waals surface area contributed by atoms with Crippen LogP contribution < -0.4 is 20.4 Å². The predicted molar refractivity (Wildman–Crippen MR) is 294 cm³/mol. The Morgan fingerprint density at radius 3 is 1.50 bits per heavy atom. The van der Waals surface area contributed by atoms with Gasteiger partial charge in [0.05, 0.1) is 65.9 Å². The summed E-state index contributed by atoms with van der Waals surface area (Å²) in [6, 6.07) is 23.0. The quantitative estimate of drug-likeness (QED) is 0.0239. The highest BCUT2D eigenvalue weighted by Crippen LogP contribution is 2.26. The van der Waals surface area contributed by atoms with E-state index in [1.165, 1.54) is 0 Å². The van der Waals surface area contributed by atoms with Crippen LogP contribution in [0.15, 0.2) is 72.8 Å². The first-order chi connectivity index (χ1) is 38.4. The van der Waals surface area contributed by atoms with Gasteiger partial charge in [0.25, 0.3) is 0 Å². The van der Waals surface area contributed by atoms with Gasteiger partial charge in [0.15, 0.2) is 24.1 Å². The molecule has 3 fully saturated rings. The number of aliphatic hydroxyl groups is 8. The number of carbonyl (C=O) groups excluding carboxylic acids is 4. The molecule has 442 valence electrons. The molecule has 0 radical (unpaired) electrons. The van der Waals surface area contributed by atoms with Gasteiger partial charge in [-0.25, -0.2) is 0 Å². The molecule has 10 atom stereocenters. The van der Waals surface area contributed by atoms with Gasteiger partial charge in [0.1, 0.15) is 48.8 Å². The molecule has 3 aliphatic heterocycles. The van der Waals surface area contributed by atoms with Crippen LogP contribution in [0, 0.1) is 0 Å². The van der Waals surface area contributed by atoms with Gasteiger partial charge >= 0.3 is 0 Å². The first-order valence-corrected chi connectivity index (χ1v) is 26.9. The maximum Gasteiger partial charge on any atom is 0.242 e. The minimum absolute atomic E-state index is 0.0254. The highest BCUT2D eigenvalue weighted by atomic mass is 16.7. The number of nitrogens with zero attached hydrogens (tertiary/aromatic N) is 4. The second kappa shape index (κ2) is 31.7. The zero-order valence-electron chi connectivity index (χ0n) is 45.9. The maximum atomic E-state index is 12.9. The lowest BCUT2D eigenvalue weighted by molar-refractivity contribution is -0.301. The van der Waals surface area contributed by atoms with Gasteiger partial charge in [-0.2, -0.15) is 0 Å². The van der Waals surface area contributed by atoms with Gasteiger partial charge in [0.2, 0.25) is 11.8 Å². The summed E-state index contributed by atoms with van der Waals surface area (Å²) in [5.41, 5.74) is 3.17. The number of hydrogen-bond donors (Lipinski definition) is 10. The molecular weight excluding hydrogens is 1040 g/mol. The molecule has 0 saturated carbocycles. The Labute approximate surface area is 465 Å². The summed E-state index contributed by atoms with van der Waals surface area (Å²) in [7, 11) is 3.73. The molecule has 7 rings (SSSR count). The molecule has 0 aromatic heterocycles. The molecular formula is C56H80N6O18. The van der Waals surface area contributed by atoms with Crippen LogP contribution in [0.4, 0.5) is 11.4 Å². The van der Waals surface area contributed by atoms with Crippen molar-refractivity contribution < 1.29 is 88.5 Å². The number of ether oxygens (including phenoxy) is 6. The number of carbonyl (C=O) groups is 4. The van der Waals surface area contributed by atoms with Crippen molar-refractivity contribution in [3.05, 3.63) is 83.9 Å². The number of likely N-dealkylation sites (N-methyl/N-ethyl adjacent to an activating group) is 2. The van der Waals surface area contributed by atoms with Crippen molar-refractivity contribution in [1.82, 2.24) is 20.4 Å². The lowest BCUT2D eigenvalue weighted by atomic mass is 9.99. The summed E-state index contributed by atoms with van der Waals surface area (Å²) >= 11 is 0. The fourth-order valence-corrected chi connectivity index (χ4v) is 9.17. The van der Waals surface area contributed by atoms with E-state index in [4.69, 9.17) is 28.4 Å². The van der Waals surface area contributed by atoms with Crippen molar-refractivity contribution in [2.75, 3.05) is 142 Å². The third-order valence-electron chi connectivity index (χ3n) is 14.1. The monoisotopic (exact) mass is 1120 g/mol. The standard InChI is InChI=1S/C29H43N3O10.C27H37N3O8/c1-19(34)20-3-4-22-16-23(6-5-21(22)15-20)32(2)17-25(35)31-9-11-40-14-13-39-10-7-30-8-12-41-29-28(38)27(37)26(36)24(18-33)42-29;1-17(32)18-3-4-20-14-21(6-5-19(20)13-18)28(2)15-23(33)30-9-7-29(8-10-30)11-12-37-27-26(36)25(35)24(34)22(16-31)38-27/h3-6,15-16,24,26-30,33,36-38H,7-14,17-18H2,1-2H3,(H,31,35);3-6,13-14,22,24-27,31,34-36H,7-12,15-16H2,1-2H3. The van der Waals surface area contributed by atoms with Crippen molar-refractivity contribution in [3.8, 4) is 0 Å². The Balaban J connectivity index is 0.000000259. The highest BCUT2D eigenvalue weighted by Gasteiger charge is 2.45. The van der Waals surface area contributed by atoms with Crippen molar-refractivity contribution in [2.24, 2.45) is 0 Å². The van der Waals surface area contributed by atoms with E-state index in [0.29, 0.717) is 89.9 Å². The Bertz CT molecular complexity index is 2610. The minimum atomic E-state index is -1.47. The summed E-state index contributed by atoms with van der Waals surface area (Å²) in [4.78, 5) is 56.2. The first-order valence-electron chi connectivity index (χ1n) is 26.9. The van der Waals surface area contributed by atoms with E-state index in [9.17, 15) is 60.0 Å². The van der Waals surface area contributed by atoms with Crippen molar-refractivity contribution >= 4 is 56.3 Å². The second-order valence-electron chi connectivity index (χ2n) is 20.0. The number of Topliss-reactive ketones (excluding diaryl/α,β-unsaturated/α-hetero) is 2. The van der Waals surface area contributed by atoms with E-state index in [0.717, 1.165) is 32.9 Å². The van der Waals surface area contributed by atoms with E-state index in [-0.39, 0.29) is 49.7 Å². The molecule has 0 spiro atoms. The summed E-state index contributed by atoms with van der Waals surface area (Å²) in [5, 5.41) is 87.6. The number of piperazine rings is 1. The van der Waals surface area contributed by atoms with Gasteiger partial charge in [-0.1, -0.05) is 36.4 Å². The smallest absolute Gasteiger partial charge is 0.242 e. The molecule has 3 aliphatic rings. The van der Waals surface area contributed by atoms with E-state index >= 15 is 0 Å². The van der Waals surface area contributed by atoms with Crippen LogP contribution in [0.5, 0.6) is 0 Å². The number of benzene rings is 4. The molecule has 4 aromatic rings. The first kappa shape index (κ1) is 63.8. The molecule has 80 heavy (non-hydrogen) atoms. The number of hydrogen-bond acceptors (Lipinski definition) is 22. The molecule has 3 saturated heterocycles. The number of ketones is 2. The molecule has 3 heterocycles. The molecule has 10 N–H and O–H groups in total. The Kier molecular flexibility index (Phi) is 25.3. The average molecular weight is 1130 g/mol. The number of fused-ring (bicyclic) bond motifs is 2. The second-order valence-corrected chi connectivity index (χ2v) is 20.0. The molecule has 2 amide bonds. The lowest BCUT2D eigenvalue weighted by Gasteiger charge is -2.40. The topological polar surface area (TPSA) is 323 Å². The Hall–Kier alpha value is -5.36. The Morgan fingerprint density at radius 2 is 1.00 bits per heavy atom. The summed E-state index contributed by atoms with van der Waals surface area (Å²) in [6.07, 6.45) is -12.9. The molecule has 0 aliphatic carbocycles. The normalized spacial score (nSPS) is 24.3. The van der Waals surface area contributed by atoms with Crippen molar-refractivity contribution in [2.45, 2.75) is 75.3 Å². The van der Waals surface area contributed by atoms with Crippen LogP contribution in [0.25, 0.3) is 21.5 Å². The molecule has 4 aromatic carbocycles. The van der Waals surface area contributed by atoms with Crippen molar-refractivity contribution in [3.63, 3.8) is 0 Å². The zero-order valence-corrected chi connectivity index (χ0v) is 45.9. The van der Waals surface area contributed by atoms with Gasteiger partial charge in [-0.05, 0) is 71.8 Å². The van der Waals surface area contributed by atoms with Gasteiger partial charge in [-0.15, -0.1) is 0 Å². The van der Waals surface area contributed by atoms with E-state index < -0.39 is 74.6 Å². The number of anilines is 2. The number of amides is 2. The summed E-state index contributed by atoms with van der Waals surface area (Å²) in [6.45, 7) is 8.93. The number of nitrogens with one attached hydrogen (secondary N) is 2. The van der Waals surface area contributed by atoms with Gasteiger partial charge < -0.3 is 94.6 Å². The largest absolute Gasteiger partial charge is 0.394 e. The third kappa shape index (κ3) is 18.3. The van der Waals surface area contributed by atoms with Gasteiger partial charge in [0, 0.05) is 89.0 Å². The Morgan fingerprint density at radius 1 is 0.550 bits per heavy atom. The predicted octanol–water partition coefficient (Wildman–Crippen LogP) is -1.53. The fourth-order valence-electron chi connectivity index (χ4n) is 9.17. The molecule has 24 heteroatoms. The molecule has 24 nitrogen and oxygen atoms in total. The SMILES string of the molecule is CC(=O)c1ccc2cc(N(C)CC(=O)N3CCN(CCOC4OC(CO)C(O)C(O)C4O)CC3)ccc2c1.CC(=O)c1ccc2cc(N(C)CC(=O)NCCOCCOCCNCCOC3OC(CO)C(O)C(O)C3O)ccc2c1. The summed E-state index contributed by atoms with van der Waals surface area (Å²) in [5.74, 6) is -0.0275. The number of rotatable bonds is 27. The third-order valence-corrected chi connectivity index (χ3v) is 14.1. The average Bonchev–Trinajstić information content (AvgIpc) is 3.45. The lowest BCUT2D eigenvalue weighted by Crippen LogP contribution is -2.59. The summed E-state index contributed by atoms with van der Waals surface area (Å²) < 4.78 is 32.6. The van der Waals surface area contributed by atoms with Crippen LogP contribution >= 0.6 is 0 Å². The van der Waals surface area contributed by atoms with Crippen LogP contribution in [-0.2, 0) is 38.0 Å². The molecule has 10 unspecified atom stereocenters. The van der Waals surface area contributed by atoms with E-state index in [1.807, 2.05) is 95.5 Å². The van der Waals surface area contributed by atoms with Crippen LogP contribution in [-0.4, -0.2) is 268 Å². The van der Waals surface area contributed by atoms with E-state index in [2.05, 4.69) is 15.5 Å². The van der Waals surface area contributed by atoms with Crippen LogP contribution in [0.1, 0.15) is 34.6 Å². The van der Waals surface area contributed by atoms with Crippen molar-refractivity contribution in [1.29, 1.82) is 0 Å². The fraction of sp³-hybridized carbons (Fsp3) is 0.571. The van der Waals surface area contributed by atoms with Crippen LogP contribution in [0.3, 0.4) is 0 Å². The highest BCUT2D eigenvalue weighted by molar-refractivity contribution is 6.00. The zero-order chi connectivity index (χ0) is 57.9. The van der Waals surface area contributed by atoms with Crippen LogP contribution in [0.2, 0.25) is 0 Å². The number of aliphatic hydroxyl groups excluding tert-OH is 8. The van der Waals surface area contributed by atoms with E-state index in [1.54, 1.807) is 19.9 Å². The molecule has 0 bridgehead atoms. The van der Waals surface area contributed by atoms with Gasteiger partial charge in [-0.3, -0.25) is 24.1 Å². The minimum Gasteiger partial charge on any atom is -0.394 e. The maximum absolute atomic E-state index is 12.9.